The molecule has 4 rings (SSSR count). The van der Waals surface area contributed by atoms with Gasteiger partial charge in [-0.15, -0.1) is 12.4 Å². The van der Waals surface area contributed by atoms with Gasteiger partial charge in [0.05, 0.1) is 31.2 Å². The molecule has 7 heteroatoms. The van der Waals surface area contributed by atoms with Crippen molar-refractivity contribution >= 4 is 18.4 Å². The molecule has 1 aliphatic heterocycles. The van der Waals surface area contributed by atoms with Crippen LogP contribution in [-0.2, 0) is 15.8 Å². The molecule has 0 spiro atoms. The third kappa shape index (κ3) is 6.71. The summed E-state index contributed by atoms with van der Waals surface area (Å²) in [6.07, 6.45) is 1.58. The molecule has 1 atom stereocenters. The highest BCUT2D eigenvalue weighted by Crippen LogP contribution is 2.43. The fraction of sp³-hybridized carbons (Fsp3) is 0.406. The average molecular weight is 554 g/mol. The van der Waals surface area contributed by atoms with Crippen molar-refractivity contribution in [3.63, 3.8) is 0 Å². The lowest BCUT2D eigenvalue weighted by Crippen LogP contribution is -2.52. The second-order valence-electron chi connectivity index (χ2n) is 11.2. The third-order valence-corrected chi connectivity index (χ3v) is 8.38. The van der Waals surface area contributed by atoms with Gasteiger partial charge in [0.15, 0.2) is 0 Å². The van der Waals surface area contributed by atoms with Crippen molar-refractivity contribution in [2.75, 3.05) is 19.6 Å². The van der Waals surface area contributed by atoms with E-state index in [9.17, 15) is 25.3 Å². The zero-order chi connectivity index (χ0) is 27.4. The molecule has 1 fully saturated rings. The number of carboxylic acids is 1. The summed E-state index contributed by atoms with van der Waals surface area (Å²) < 4.78 is -0.311. The molecule has 3 N–H and O–H groups in total. The van der Waals surface area contributed by atoms with Crippen LogP contribution in [0, 0.1) is 11.1 Å². The molecule has 39 heavy (non-hydrogen) atoms. The molecule has 0 aliphatic carbocycles. The number of aliphatic hydroxyl groups is 2. The van der Waals surface area contributed by atoms with Gasteiger partial charge in [0.25, 0.3) is 0 Å². The minimum Gasteiger partial charge on any atom is -0.633 e. The number of quaternary nitrogens is 1. The van der Waals surface area contributed by atoms with Gasteiger partial charge in [0, 0.05) is 18.8 Å². The minimum absolute atomic E-state index is 0. The maximum atomic E-state index is 13.5. The minimum atomic E-state index is -1.15. The number of hydrogen-bond acceptors (Lipinski definition) is 4. The third-order valence-electron chi connectivity index (χ3n) is 8.38. The number of hydroxylamine groups is 3. The second-order valence-corrected chi connectivity index (χ2v) is 11.2. The molecular weight excluding hydrogens is 514 g/mol. The SMILES string of the molecule is CC(C)(C(=O)O)c1ccc(C(O)CCC[N+]2([O-])CCC(C(O)(c3ccccc3)c3ccccc3)CC2)cc1.Cl. The Labute approximate surface area is 237 Å². The number of aliphatic carboxylic acids is 1. The monoisotopic (exact) mass is 553 g/mol. The maximum absolute atomic E-state index is 13.5. The number of piperidine rings is 1. The predicted octanol–water partition coefficient (Wildman–Crippen LogP) is 5.94. The standard InChI is InChI=1S/C32H39NO5.ClH/c1-31(2,30(35)36)25-17-15-24(16-18-25)29(34)14-9-21-33(38)22-19-28(20-23-33)32(37,26-10-5-3-6-11-26)27-12-7-4-8-13-27;/h3-8,10-13,15-18,28-29,34,37H,9,14,19-23H2,1-2H3,(H,35,36);1H. The molecule has 3 aromatic carbocycles. The van der Waals surface area contributed by atoms with E-state index in [-0.39, 0.29) is 23.0 Å². The number of rotatable bonds is 10. The highest BCUT2D eigenvalue weighted by molar-refractivity contribution is 5.85. The molecule has 1 aliphatic rings. The molecule has 0 bridgehead atoms. The first kappa shape index (κ1) is 30.8. The Morgan fingerprint density at radius 3 is 1.85 bits per heavy atom. The molecule has 1 saturated heterocycles. The van der Waals surface area contributed by atoms with E-state index in [1.807, 2.05) is 60.7 Å². The number of nitrogens with zero attached hydrogens (tertiary/aromatic N) is 1. The van der Waals surface area contributed by atoms with Crippen LogP contribution in [0.4, 0.5) is 0 Å². The quantitative estimate of drug-likeness (QED) is 0.213. The molecule has 0 radical (unpaired) electrons. The van der Waals surface area contributed by atoms with Crippen LogP contribution in [0.15, 0.2) is 84.9 Å². The van der Waals surface area contributed by atoms with Gasteiger partial charge in [0.1, 0.15) is 5.60 Å². The molecular formula is C32H40ClNO5. The van der Waals surface area contributed by atoms with E-state index < -0.39 is 23.1 Å². The smallest absolute Gasteiger partial charge is 0.313 e. The first-order valence-electron chi connectivity index (χ1n) is 13.5. The van der Waals surface area contributed by atoms with E-state index in [0.29, 0.717) is 50.9 Å². The van der Waals surface area contributed by atoms with Gasteiger partial charge >= 0.3 is 5.97 Å². The van der Waals surface area contributed by atoms with Crippen LogP contribution in [0.3, 0.4) is 0 Å². The molecule has 210 valence electrons. The Bertz CT molecular complexity index is 1150. The Morgan fingerprint density at radius 1 is 0.897 bits per heavy atom. The molecule has 6 nitrogen and oxygen atoms in total. The van der Waals surface area contributed by atoms with Crippen molar-refractivity contribution in [3.8, 4) is 0 Å². The topological polar surface area (TPSA) is 101 Å². The second kappa shape index (κ2) is 12.6. The van der Waals surface area contributed by atoms with Gasteiger partial charge in [-0.05, 0) is 48.9 Å². The van der Waals surface area contributed by atoms with Gasteiger partial charge in [-0.25, -0.2) is 0 Å². The Kier molecular flexibility index (Phi) is 9.97. The largest absolute Gasteiger partial charge is 0.633 e. The summed E-state index contributed by atoms with van der Waals surface area (Å²) in [7, 11) is 0. The van der Waals surface area contributed by atoms with Crippen molar-refractivity contribution < 1.29 is 24.8 Å². The van der Waals surface area contributed by atoms with E-state index in [0.717, 1.165) is 16.7 Å². The molecule has 3 aromatic rings. The number of aliphatic hydroxyl groups excluding tert-OH is 1. The molecule has 0 saturated carbocycles. The van der Waals surface area contributed by atoms with Gasteiger partial charge in [-0.2, -0.15) is 0 Å². The Morgan fingerprint density at radius 2 is 1.38 bits per heavy atom. The molecule has 0 aromatic heterocycles. The van der Waals surface area contributed by atoms with Crippen LogP contribution in [-0.4, -0.2) is 45.6 Å². The summed E-state index contributed by atoms with van der Waals surface area (Å²) in [5.41, 5.74) is 0.958. The summed E-state index contributed by atoms with van der Waals surface area (Å²) >= 11 is 0. The number of carboxylic acid groups (broad SMARTS) is 1. The Hall–Kier alpha value is -2.74. The fourth-order valence-electron chi connectivity index (χ4n) is 5.69. The lowest BCUT2D eigenvalue weighted by atomic mass is 9.72. The van der Waals surface area contributed by atoms with E-state index in [4.69, 9.17) is 0 Å². The molecule has 0 amide bonds. The van der Waals surface area contributed by atoms with Crippen molar-refractivity contribution in [3.05, 3.63) is 112 Å². The van der Waals surface area contributed by atoms with E-state index in [1.165, 1.54) is 0 Å². The van der Waals surface area contributed by atoms with E-state index in [2.05, 4.69) is 0 Å². The van der Waals surface area contributed by atoms with Crippen LogP contribution >= 0.6 is 12.4 Å². The van der Waals surface area contributed by atoms with Gasteiger partial charge < -0.3 is 25.2 Å². The van der Waals surface area contributed by atoms with Crippen molar-refractivity contribution in [1.82, 2.24) is 0 Å². The normalized spacial score (nSPS) is 20.6. The van der Waals surface area contributed by atoms with Crippen LogP contribution in [0.25, 0.3) is 0 Å². The van der Waals surface area contributed by atoms with Crippen LogP contribution in [0.5, 0.6) is 0 Å². The number of carbonyl (C=O) groups is 1. The lowest BCUT2D eigenvalue weighted by molar-refractivity contribution is -0.887. The van der Waals surface area contributed by atoms with Crippen LogP contribution in [0.1, 0.15) is 67.9 Å². The van der Waals surface area contributed by atoms with Crippen LogP contribution in [0.2, 0.25) is 0 Å². The number of halogens is 1. The average Bonchev–Trinajstić information content (AvgIpc) is 2.94. The zero-order valence-electron chi connectivity index (χ0n) is 22.7. The predicted molar refractivity (Wildman–Crippen MR) is 155 cm³/mol. The summed E-state index contributed by atoms with van der Waals surface area (Å²) in [5, 5.41) is 45.7. The fourth-order valence-corrected chi connectivity index (χ4v) is 5.69. The summed E-state index contributed by atoms with van der Waals surface area (Å²) in [4.78, 5) is 11.5. The van der Waals surface area contributed by atoms with E-state index >= 15 is 0 Å². The van der Waals surface area contributed by atoms with Gasteiger partial charge in [-0.3, -0.25) is 4.79 Å². The lowest BCUT2D eigenvalue weighted by Gasteiger charge is -2.50. The summed E-state index contributed by atoms with van der Waals surface area (Å²) in [5.74, 6) is -0.961. The number of likely N-dealkylation sites (tertiary alicyclic amines) is 1. The highest BCUT2D eigenvalue weighted by atomic mass is 35.5. The number of benzene rings is 3. The van der Waals surface area contributed by atoms with Crippen LogP contribution < -0.4 is 0 Å². The van der Waals surface area contributed by atoms with Crippen molar-refractivity contribution in [1.29, 1.82) is 0 Å². The first-order chi connectivity index (χ1) is 18.1. The highest BCUT2D eigenvalue weighted by Gasteiger charge is 2.43. The van der Waals surface area contributed by atoms with E-state index in [1.54, 1.807) is 38.1 Å². The first-order valence-corrected chi connectivity index (χ1v) is 13.5. The van der Waals surface area contributed by atoms with Gasteiger partial charge in [-0.1, -0.05) is 84.9 Å². The summed E-state index contributed by atoms with van der Waals surface area (Å²) in [6.45, 7) is 4.59. The Balaban J connectivity index is 0.00000420. The van der Waals surface area contributed by atoms with Crippen molar-refractivity contribution in [2.45, 2.75) is 56.7 Å². The molecule has 1 unspecified atom stereocenters. The van der Waals surface area contributed by atoms with Crippen molar-refractivity contribution in [2.24, 2.45) is 5.92 Å². The molecule has 1 heterocycles. The zero-order valence-corrected chi connectivity index (χ0v) is 23.5. The maximum Gasteiger partial charge on any atom is 0.313 e. The summed E-state index contributed by atoms with van der Waals surface area (Å²) in [6, 6.07) is 26.5. The number of hydrogen-bond donors (Lipinski definition) is 3. The van der Waals surface area contributed by atoms with Gasteiger partial charge in [0.2, 0.25) is 0 Å².